The molecule has 0 radical (unpaired) electrons. The molecule has 3 rings (SSSR count). The maximum Gasteiger partial charge on any atom is 0.431 e. The molecule has 0 unspecified atom stereocenters. The minimum atomic E-state index is -4.69. The van der Waals surface area contributed by atoms with Crippen LogP contribution in [0.2, 0.25) is 5.28 Å². The number of alkyl halides is 3. The zero-order valence-electron chi connectivity index (χ0n) is 11.2. The average Bonchev–Trinajstić information content (AvgIpc) is 3.04. The third-order valence-corrected chi connectivity index (χ3v) is 3.04. The summed E-state index contributed by atoms with van der Waals surface area (Å²) in [6, 6.07) is 1.47. The van der Waals surface area contributed by atoms with Gasteiger partial charge >= 0.3 is 12.2 Å². The van der Waals surface area contributed by atoms with Crippen LogP contribution in [0, 0.1) is 6.92 Å². The van der Waals surface area contributed by atoms with Crippen molar-refractivity contribution in [1.29, 1.82) is 0 Å². The normalized spacial score (nSPS) is 11.9. The first kappa shape index (κ1) is 15.2. The fourth-order valence-electron chi connectivity index (χ4n) is 1.87. The van der Waals surface area contributed by atoms with E-state index in [1.807, 2.05) is 0 Å². The van der Waals surface area contributed by atoms with Crippen LogP contribution in [0.25, 0.3) is 5.65 Å². The molecule has 0 aliphatic heterocycles. The fraction of sp³-hybridized carbons (Fsp3) is 0.182. The van der Waals surface area contributed by atoms with Gasteiger partial charge in [-0.1, -0.05) is 5.10 Å². The minimum Gasteiger partial charge on any atom is -0.408 e. The molecule has 0 atom stereocenters. The van der Waals surface area contributed by atoms with E-state index in [9.17, 15) is 18.0 Å². The molecular weight excluding hydrogens is 341 g/mol. The first-order chi connectivity index (χ1) is 10.8. The van der Waals surface area contributed by atoms with E-state index in [0.717, 1.165) is 6.07 Å². The van der Waals surface area contributed by atoms with Crippen LogP contribution in [0.4, 0.5) is 19.2 Å². The second-order valence-electron chi connectivity index (χ2n) is 4.34. The Hall–Kier alpha value is -2.69. The molecule has 1 amide bonds. The van der Waals surface area contributed by atoms with Crippen molar-refractivity contribution < 1.29 is 22.4 Å². The van der Waals surface area contributed by atoms with E-state index in [2.05, 4.69) is 25.7 Å². The van der Waals surface area contributed by atoms with Crippen LogP contribution < -0.4 is 5.32 Å². The van der Waals surface area contributed by atoms with Crippen molar-refractivity contribution in [3.05, 3.63) is 34.6 Å². The molecule has 0 fully saturated rings. The van der Waals surface area contributed by atoms with Crippen molar-refractivity contribution in [1.82, 2.24) is 24.8 Å². The lowest BCUT2D eigenvalue weighted by Gasteiger charge is -2.11. The number of hydrogen-bond acceptors (Lipinski definition) is 6. The number of rotatable bonds is 2. The number of halogens is 4. The van der Waals surface area contributed by atoms with Crippen LogP contribution in [0.3, 0.4) is 0 Å². The Morgan fingerprint density at radius 2 is 2.00 bits per heavy atom. The first-order valence-electron chi connectivity index (χ1n) is 5.99. The molecule has 120 valence electrons. The lowest BCUT2D eigenvalue weighted by Crippen LogP contribution is -2.17. The van der Waals surface area contributed by atoms with Gasteiger partial charge < -0.3 is 4.42 Å². The number of nitrogens with zero attached hydrogens (tertiary/aromatic N) is 5. The second-order valence-corrected chi connectivity index (χ2v) is 4.68. The van der Waals surface area contributed by atoms with Crippen molar-refractivity contribution in [2.24, 2.45) is 0 Å². The van der Waals surface area contributed by atoms with Gasteiger partial charge in [0.2, 0.25) is 11.2 Å². The van der Waals surface area contributed by atoms with Crippen molar-refractivity contribution >= 4 is 29.2 Å². The monoisotopic (exact) mass is 346 g/mol. The minimum absolute atomic E-state index is 0.187. The Morgan fingerprint density at radius 1 is 1.26 bits per heavy atom. The quantitative estimate of drug-likeness (QED) is 0.764. The van der Waals surface area contributed by atoms with Gasteiger partial charge in [0.05, 0.1) is 5.56 Å². The van der Waals surface area contributed by atoms with Crippen molar-refractivity contribution in [3.8, 4) is 0 Å². The molecule has 8 nitrogen and oxygen atoms in total. The van der Waals surface area contributed by atoms with Crippen LogP contribution in [0.5, 0.6) is 0 Å². The first-order valence-corrected chi connectivity index (χ1v) is 6.37. The van der Waals surface area contributed by atoms with Crippen molar-refractivity contribution in [3.63, 3.8) is 0 Å². The predicted octanol–water partition coefficient (Wildman–Crippen LogP) is 2.35. The van der Waals surface area contributed by atoms with Gasteiger partial charge in [-0.15, -0.1) is 15.3 Å². The molecule has 0 aromatic carbocycles. The maximum atomic E-state index is 13.0. The molecule has 3 aromatic rings. The van der Waals surface area contributed by atoms with Crippen LogP contribution >= 0.6 is 11.6 Å². The predicted molar refractivity (Wildman–Crippen MR) is 70.0 cm³/mol. The highest BCUT2D eigenvalue weighted by Gasteiger charge is 2.35. The molecular formula is C11H6ClF3N6O2. The number of aromatic nitrogens is 5. The summed E-state index contributed by atoms with van der Waals surface area (Å²) < 4.78 is 44.5. The number of carbonyl (C=O) groups is 1. The molecule has 1 N–H and O–H groups in total. The number of carbonyl (C=O) groups excluding carboxylic acids is 1. The zero-order chi connectivity index (χ0) is 16.8. The highest BCUT2D eigenvalue weighted by Crippen LogP contribution is 2.32. The highest BCUT2D eigenvalue weighted by atomic mass is 35.5. The van der Waals surface area contributed by atoms with Crippen molar-refractivity contribution in [2.45, 2.75) is 13.1 Å². The molecule has 3 aromatic heterocycles. The van der Waals surface area contributed by atoms with Gasteiger partial charge in [0.15, 0.2) is 5.65 Å². The Balaban J connectivity index is 2.07. The summed E-state index contributed by atoms with van der Waals surface area (Å²) >= 11 is 5.64. The molecule has 0 aliphatic rings. The number of fused-ring (bicyclic) bond motifs is 1. The highest BCUT2D eigenvalue weighted by molar-refractivity contribution is 6.28. The molecule has 3 heterocycles. The standard InChI is InChI=1S/C11H6ClF3N6O2/c1-4-17-20-10(23-4)16-8(22)5-2-3-6(11(13,14)15)21-7(5)18-19-9(21)12/h2-3H,1H3,(H,16,20,22). The number of pyridine rings is 1. The summed E-state index contributed by atoms with van der Waals surface area (Å²) in [6.45, 7) is 1.51. The van der Waals surface area contributed by atoms with Crippen molar-refractivity contribution in [2.75, 3.05) is 5.32 Å². The summed E-state index contributed by atoms with van der Waals surface area (Å²) in [7, 11) is 0. The summed E-state index contributed by atoms with van der Waals surface area (Å²) in [4.78, 5) is 12.2. The van der Waals surface area contributed by atoms with E-state index >= 15 is 0 Å². The lowest BCUT2D eigenvalue weighted by molar-refractivity contribution is -0.142. The number of anilines is 1. The molecule has 0 saturated heterocycles. The van der Waals surface area contributed by atoms with Gasteiger partial charge in [-0.25, -0.2) is 0 Å². The van der Waals surface area contributed by atoms with Crippen LogP contribution in [-0.2, 0) is 6.18 Å². The average molecular weight is 347 g/mol. The summed E-state index contributed by atoms with van der Waals surface area (Å²) in [5, 5.41) is 15.7. The molecule has 23 heavy (non-hydrogen) atoms. The molecule has 0 aliphatic carbocycles. The van der Waals surface area contributed by atoms with E-state index in [4.69, 9.17) is 16.0 Å². The van der Waals surface area contributed by atoms with Gasteiger partial charge in [0.25, 0.3) is 5.91 Å². The summed E-state index contributed by atoms with van der Waals surface area (Å²) in [5.41, 5.74) is -1.64. The third-order valence-electron chi connectivity index (χ3n) is 2.79. The third kappa shape index (κ3) is 2.70. The SMILES string of the molecule is Cc1nnc(NC(=O)c2ccc(C(F)(F)F)n3c(Cl)nnc23)o1. The molecule has 0 saturated carbocycles. The summed E-state index contributed by atoms with van der Waals surface area (Å²) in [5.74, 6) is -0.583. The van der Waals surface area contributed by atoms with Gasteiger partial charge in [-0.2, -0.15) is 13.2 Å². The van der Waals surface area contributed by atoms with Gasteiger partial charge in [0, 0.05) is 6.92 Å². The smallest absolute Gasteiger partial charge is 0.408 e. The van der Waals surface area contributed by atoms with Crippen LogP contribution in [-0.4, -0.2) is 30.7 Å². The topological polar surface area (TPSA) is 98.2 Å². The van der Waals surface area contributed by atoms with Gasteiger partial charge in [-0.3, -0.25) is 14.5 Å². The second kappa shape index (κ2) is 5.19. The lowest BCUT2D eigenvalue weighted by atomic mass is 10.2. The molecule has 0 spiro atoms. The van der Waals surface area contributed by atoms with E-state index in [1.165, 1.54) is 6.92 Å². The molecule has 12 heteroatoms. The number of aryl methyl sites for hydroxylation is 1. The molecule has 0 bridgehead atoms. The van der Waals surface area contributed by atoms with E-state index in [-0.39, 0.29) is 23.1 Å². The van der Waals surface area contributed by atoms with E-state index in [0.29, 0.717) is 10.5 Å². The zero-order valence-corrected chi connectivity index (χ0v) is 12.0. The Morgan fingerprint density at radius 3 is 2.61 bits per heavy atom. The Labute approximate surface area is 130 Å². The maximum absolute atomic E-state index is 13.0. The van der Waals surface area contributed by atoms with E-state index in [1.54, 1.807) is 0 Å². The van der Waals surface area contributed by atoms with Crippen LogP contribution in [0.15, 0.2) is 16.5 Å². The number of nitrogens with one attached hydrogen (secondary N) is 1. The van der Waals surface area contributed by atoms with Crippen LogP contribution in [0.1, 0.15) is 21.9 Å². The number of amides is 1. The summed E-state index contributed by atoms with van der Waals surface area (Å²) in [6.07, 6.45) is -4.69. The van der Waals surface area contributed by atoms with E-state index < -0.39 is 23.1 Å². The fourth-order valence-corrected chi connectivity index (χ4v) is 2.08. The number of hydrogen-bond donors (Lipinski definition) is 1. The Bertz CT molecular complexity index is 903. The largest absolute Gasteiger partial charge is 0.431 e. The van der Waals surface area contributed by atoms with Gasteiger partial charge in [-0.05, 0) is 23.7 Å². The van der Waals surface area contributed by atoms with Gasteiger partial charge in [0.1, 0.15) is 5.69 Å². The Kier molecular flexibility index (Phi) is 3.43.